The van der Waals surface area contributed by atoms with Crippen LogP contribution in [0.2, 0.25) is 0 Å². The third kappa shape index (κ3) is 4.53. The van der Waals surface area contributed by atoms with E-state index in [9.17, 15) is 5.11 Å². The monoisotopic (exact) mass is 290 g/mol. The van der Waals surface area contributed by atoms with E-state index in [2.05, 4.69) is 62.0 Å². The lowest BCUT2D eigenvalue weighted by Crippen LogP contribution is -2.43. The molecule has 1 unspecified atom stereocenters. The standard InChI is InChI=1S/C18H30N2O/c1-14(2)15-5-7-16(8-6-15)18(21)13-20(4)17-9-11-19(3)12-10-17/h5-8,14,17-18,21H,9-13H2,1-4H3. The van der Waals surface area contributed by atoms with Crippen molar-refractivity contribution in [1.29, 1.82) is 0 Å². The van der Waals surface area contributed by atoms with Crippen LogP contribution < -0.4 is 0 Å². The number of likely N-dealkylation sites (tertiary alicyclic amines) is 1. The number of hydrogen-bond acceptors (Lipinski definition) is 3. The topological polar surface area (TPSA) is 26.7 Å². The molecule has 3 nitrogen and oxygen atoms in total. The summed E-state index contributed by atoms with van der Waals surface area (Å²) in [7, 11) is 4.32. The van der Waals surface area contributed by atoms with Crippen molar-refractivity contribution >= 4 is 0 Å². The molecular formula is C18H30N2O. The molecule has 1 heterocycles. The summed E-state index contributed by atoms with van der Waals surface area (Å²) in [6.45, 7) is 7.43. The molecule has 3 heteroatoms. The van der Waals surface area contributed by atoms with Crippen LogP contribution >= 0.6 is 0 Å². The van der Waals surface area contributed by atoms with Gasteiger partial charge in [-0.05, 0) is 57.1 Å². The molecule has 21 heavy (non-hydrogen) atoms. The number of hydrogen-bond donors (Lipinski definition) is 1. The van der Waals surface area contributed by atoms with Gasteiger partial charge in [-0.3, -0.25) is 0 Å². The first-order chi connectivity index (χ1) is 9.97. The van der Waals surface area contributed by atoms with Crippen LogP contribution in [0.5, 0.6) is 0 Å². The fourth-order valence-corrected chi connectivity index (χ4v) is 3.07. The van der Waals surface area contributed by atoms with Gasteiger partial charge in [0.1, 0.15) is 0 Å². The fourth-order valence-electron chi connectivity index (χ4n) is 3.07. The van der Waals surface area contributed by atoms with Gasteiger partial charge in [-0.2, -0.15) is 0 Å². The zero-order valence-corrected chi connectivity index (χ0v) is 13.9. The summed E-state index contributed by atoms with van der Waals surface area (Å²) >= 11 is 0. The van der Waals surface area contributed by atoms with Gasteiger partial charge >= 0.3 is 0 Å². The van der Waals surface area contributed by atoms with Gasteiger partial charge in [-0.15, -0.1) is 0 Å². The van der Waals surface area contributed by atoms with Crippen LogP contribution in [0.15, 0.2) is 24.3 Å². The predicted molar refractivity (Wildman–Crippen MR) is 88.6 cm³/mol. The van der Waals surface area contributed by atoms with E-state index in [1.807, 2.05) is 0 Å². The first-order valence-electron chi connectivity index (χ1n) is 8.14. The maximum Gasteiger partial charge on any atom is 0.0916 e. The second kappa shape index (κ2) is 7.39. The van der Waals surface area contributed by atoms with E-state index in [-0.39, 0.29) is 0 Å². The molecule has 0 aliphatic carbocycles. The minimum Gasteiger partial charge on any atom is -0.387 e. The van der Waals surface area contributed by atoms with E-state index >= 15 is 0 Å². The van der Waals surface area contributed by atoms with Crippen LogP contribution in [-0.4, -0.2) is 54.7 Å². The van der Waals surface area contributed by atoms with Gasteiger partial charge in [0, 0.05) is 12.6 Å². The van der Waals surface area contributed by atoms with E-state index in [4.69, 9.17) is 0 Å². The van der Waals surface area contributed by atoms with Gasteiger partial charge in [0.2, 0.25) is 0 Å². The molecule has 1 saturated heterocycles. The molecule has 1 aliphatic rings. The number of likely N-dealkylation sites (N-methyl/N-ethyl adjacent to an activating group) is 1. The Morgan fingerprint density at radius 1 is 1.14 bits per heavy atom. The minimum atomic E-state index is -0.393. The van der Waals surface area contributed by atoms with Crippen molar-refractivity contribution in [3.63, 3.8) is 0 Å². The number of aliphatic hydroxyl groups excluding tert-OH is 1. The molecule has 0 saturated carbocycles. The van der Waals surface area contributed by atoms with Crippen molar-refractivity contribution < 1.29 is 5.11 Å². The van der Waals surface area contributed by atoms with Gasteiger partial charge in [0.05, 0.1) is 6.10 Å². The Morgan fingerprint density at radius 2 is 1.67 bits per heavy atom. The number of benzene rings is 1. The summed E-state index contributed by atoms with van der Waals surface area (Å²) in [4.78, 5) is 4.71. The highest BCUT2D eigenvalue weighted by Crippen LogP contribution is 2.21. The van der Waals surface area contributed by atoms with E-state index < -0.39 is 6.10 Å². The molecule has 1 aromatic carbocycles. The maximum absolute atomic E-state index is 10.5. The average molecular weight is 290 g/mol. The lowest BCUT2D eigenvalue weighted by molar-refractivity contribution is 0.0788. The third-order valence-electron chi connectivity index (χ3n) is 4.76. The smallest absolute Gasteiger partial charge is 0.0916 e. The first kappa shape index (κ1) is 16.5. The van der Waals surface area contributed by atoms with Gasteiger partial charge in [0.15, 0.2) is 0 Å². The summed E-state index contributed by atoms with van der Waals surface area (Å²) in [6, 6.07) is 9.02. The second-order valence-corrected chi connectivity index (χ2v) is 6.81. The second-order valence-electron chi connectivity index (χ2n) is 6.81. The summed E-state index contributed by atoms with van der Waals surface area (Å²) < 4.78 is 0. The fraction of sp³-hybridized carbons (Fsp3) is 0.667. The SMILES string of the molecule is CC(C)c1ccc(C(O)CN(C)C2CCN(C)CC2)cc1. The van der Waals surface area contributed by atoms with Crippen molar-refractivity contribution in [2.24, 2.45) is 0 Å². The van der Waals surface area contributed by atoms with Crippen molar-refractivity contribution in [3.8, 4) is 0 Å². The Kier molecular flexibility index (Phi) is 5.80. The summed E-state index contributed by atoms with van der Waals surface area (Å²) in [5, 5.41) is 10.5. The van der Waals surface area contributed by atoms with Crippen molar-refractivity contribution in [3.05, 3.63) is 35.4 Å². The quantitative estimate of drug-likeness (QED) is 0.903. The molecular weight excluding hydrogens is 260 g/mol. The Morgan fingerprint density at radius 3 is 2.19 bits per heavy atom. The number of aliphatic hydroxyl groups is 1. The molecule has 0 bridgehead atoms. The van der Waals surface area contributed by atoms with Gasteiger partial charge in [-0.1, -0.05) is 38.1 Å². The van der Waals surface area contributed by atoms with Crippen LogP contribution in [0.3, 0.4) is 0 Å². The van der Waals surface area contributed by atoms with Crippen LogP contribution in [-0.2, 0) is 0 Å². The number of nitrogens with zero attached hydrogens (tertiary/aromatic N) is 2. The normalized spacial score (nSPS) is 19.4. The molecule has 0 spiro atoms. The highest BCUT2D eigenvalue weighted by atomic mass is 16.3. The van der Waals surface area contributed by atoms with Crippen molar-refractivity contribution in [1.82, 2.24) is 9.80 Å². The molecule has 0 aromatic heterocycles. The summed E-state index contributed by atoms with van der Waals surface area (Å²) in [6.07, 6.45) is 2.01. The molecule has 1 aliphatic heterocycles. The van der Waals surface area contributed by atoms with Gasteiger partial charge in [0.25, 0.3) is 0 Å². The van der Waals surface area contributed by atoms with E-state index in [0.29, 0.717) is 12.0 Å². The van der Waals surface area contributed by atoms with E-state index in [1.165, 1.54) is 18.4 Å². The van der Waals surface area contributed by atoms with Crippen molar-refractivity contribution in [2.75, 3.05) is 33.7 Å². The molecule has 0 amide bonds. The molecule has 2 rings (SSSR count). The summed E-state index contributed by atoms with van der Waals surface area (Å²) in [5.41, 5.74) is 2.36. The first-order valence-corrected chi connectivity index (χ1v) is 8.14. The Labute approximate surface area is 129 Å². The molecule has 1 atom stereocenters. The predicted octanol–water partition coefficient (Wildman–Crippen LogP) is 2.87. The van der Waals surface area contributed by atoms with Crippen molar-refractivity contribution in [2.45, 2.75) is 44.8 Å². The zero-order valence-electron chi connectivity index (χ0n) is 13.9. The maximum atomic E-state index is 10.5. The Hall–Kier alpha value is -0.900. The van der Waals surface area contributed by atoms with Gasteiger partial charge < -0.3 is 14.9 Å². The van der Waals surface area contributed by atoms with E-state index in [1.54, 1.807) is 0 Å². The molecule has 1 N–H and O–H groups in total. The van der Waals surface area contributed by atoms with Gasteiger partial charge in [-0.25, -0.2) is 0 Å². The molecule has 1 aromatic rings. The Bertz CT molecular complexity index is 421. The number of rotatable bonds is 5. The van der Waals surface area contributed by atoms with E-state index in [0.717, 1.165) is 25.2 Å². The van der Waals surface area contributed by atoms with Crippen LogP contribution in [0, 0.1) is 0 Å². The average Bonchev–Trinajstić information content (AvgIpc) is 2.47. The molecule has 0 radical (unpaired) electrons. The largest absolute Gasteiger partial charge is 0.387 e. The third-order valence-corrected chi connectivity index (χ3v) is 4.76. The molecule has 1 fully saturated rings. The minimum absolute atomic E-state index is 0.393. The lowest BCUT2D eigenvalue weighted by atomic mass is 9.99. The Balaban J connectivity index is 1.89. The van der Waals surface area contributed by atoms with Crippen LogP contribution in [0.25, 0.3) is 0 Å². The highest BCUT2D eigenvalue weighted by Gasteiger charge is 2.22. The number of piperidine rings is 1. The molecule has 118 valence electrons. The summed E-state index contributed by atoms with van der Waals surface area (Å²) in [5.74, 6) is 0.540. The zero-order chi connectivity index (χ0) is 15.4. The van der Waals surface area contributed by atoms with Crippen LogP contribution in [0.4, 0.5) is 0 Å². The van der Waals surface area contributed by atoms with Crippen LogP contribution in [0.1, 0.15) is 49.8 Å². The lowest BCUT2D eigenvalue weighted by Gasteiger charge is -2.36. The highest BCUT2D eigenvalue weighted by molar-refractivity contribution is 5.26.